The quantitative estimate of drug-likeness (QED) is 0.0320. The molecule has 0 radical (unpaired) electrons. The van der Waals surface area contributed by atoms with Crippen LogP contribution in [0.3, 0.4) is 0 Å². The predicted octanol–water partition coefficient (Wildman–Crippen LogP) is 21.0. The molecule has 0 aromatic carbocycles. The number of hydrogen-bond acceptors (Lipinski definition) is 5. The Labute approximate surface area is 456 Å². The van der Waals surface area contributed by atoms with Crippen LogP contribution in [0.15, 0.2) is 24.3 Å². The second-order valence-electron chi connectivity index (χ2n) is 22.8. The molecule has 3 N–H and O–H groups in total. The molecule has 0 aromatic heterocycles. The van der Waals surface area contributed by atoms with E-state index in [4.69, 9.17) is 4.74 Å². The first-order chi connectivity index (χ1) is 36.0. The Morgan fingerprint density at radius 2 is 0.644 bits per heavy atom. The van der Waals surface area contributed by atoms with Crippen molar-refractivity contribution in [2.24, 2.45) is 0 Å². The number of carbonyl (C=O) groups excluding carboxylic acids is 2. The molecule has 0 aromatic rings. The molecule has 0 heterocycles. The van der Waals surface area contributed by atoms with E-state index < -0.39 is 12.1 Å². The van der Waals surface area contributed by atoms with E-state index in [1.807, 2.05) is 6.08 Å². The van der Waals surface area contributed by atoms with Crippen LogP contribution >= 0.6 is 0 Å². The molecule has 0 aliphatic heterocycles. The van der Waals surface area contributed by atoms with Crippen LogP contribution in [0.25, 0.3) is 0 Å². The maximum atomic E-state index is 12.5. The van der Waals surface area contributed by atoms with E-state index in [1.54, 1.807) is 6.08 Å². The molecule has 0 fully saturated rings. The zero-order valence-corrected chi connectivity index (χ0v) is 49.4. The van der Waals surface area contributed by atoms with Crippen molar-refractivity contribution in [2.45, 2.75) is 379 Å². The van der Waals surface area contributed by atoms with Crippen LogP contribution in [0.2, 0.25) is 0 Å². The van der Waals surface area contributed by atoms with Crippen LogP contribution in [0.4, 0.5) is 0 Å². The van der Waals surface area contributed by atoms with Gasteiger partial charge in [0, 0.05) is 12.8 Å². The summed E-state index contributed by atoms with van der Waals surface area (Å²) in [4.78, 5) is 24.6. The van der Waals surface area contributed by atoms with Crippen molar-refractivity contribution in [3.05, 3.63) is 24.3 Å². The number of nitrogens with one attached hydrogen (secondary N) is 1. The molecule has 73 heavy (non-hydrogen) atoms. The van der Waals surface area contributed by atoms with Gasteiger partial charge in [0.15, 0.2) is 0 Å². The molecule has 1 amide bonds. The lowest BCUT2D eigenvalue weighted by molar-refractivity contribution is -0.143. The van der Waals surface area contributed by atoms with Crippen LogP contribution in [-0.4, -0.2) is 47.4 Å². The molecule has 432 valence electrons. The third-order valence-electron chi connectivity index (χ3n) is 15.5. The highest BCUT2D eigenvalue weighted by molar-refractivity contribution is 5.76. The molecule has 2 atom stereocenters. The number of carbonyl (C=O) groups is 2. The summed E-state index contributed by atoms with van der Waals surface area (Å²) in [6, 6.07) is -0.634. The Morgan fingerprint density at radius 1 is 0.370 bits per heavy atom. The van der Waals surface area contributed by atoms with Crippen molar-refractivity contribution in [3.8, 4) is 0 Å². The molecule has 0 rings (SSSR count). The Morgan fingerprint density at radius 3 is 0.973 bits per heavy atom. The fourth-order valence-electron chi connectivity index (χ4n) is 10.4. The number of unbranched alkanes of at least 4 members (excludes halogenated alkanes) is 49. The van der Waals surface area contributed by atoms with E-state index in [0.717, 1.165) is 44.9 Å². The van der Waals surface area contributed by atoms with Crippen LogP contribution in [0.5, 0.6) is 0 Å². The van der Waals surface area contributed by atoms with E-state index >= 15 is 0 Å². The van der Waals surface area contributed by atoms with Gasteiger partial charge in [0.25, 0.3) is 0 Å². The lowest BCUT2D eigenvalue weighted by atomic mass is 10.0. The Hall–Kier alpha value is -1.66. The maximum Gasteiger partial charge on any atom is 0.305 e. The number of aliphatic hydroxyl groups excluding tert-OH is 2. The summed E-state index contributed by atoms with van der Waals surface area (Å²) in [5.41, 5.74) is 0. The summed E-state index contributed by atoms with van der Waals surface area (Å²) in [7, 11) is 0. The first kappa shape index (κ1) is 71.3. The second kappa shape index (κ2) is 62.9. The highest BCUT2D eigenvalue weighted by Gasteiger charge is 2.18. The van der Waals surface area contributed by atoms with Gasteiger partial charge in [-0.1, -0.05) is 321 Å². The zero-order valence-electron chi connectivity index (χ0n) is 49.4. The van der Waals surface area contributed by atoms with Crippen molar-refractivity contribution in [3.63, 3.8) is 0 Å². The van der Waals surface area contributed by atoms with Gasteiger partial charge in [0.1, 0.15) is 0 Å². The molecule has 0 saturated heterocycles. The van der Waals surface area contributed by atoms with E-state index in [0.29, 0.717) is 19.4 Å². The van der Waals surface area contributed by atoms with Gasteiger partial charge in [-0.05, 0) is 57.8 Å². The number of hydrogen-bond donors (Lipinski definition) is 3. The fraction of sp³-hybridized carbons (Fsp3) is 0.910. The van der Waals surface area contributed by atoms with Crippen LogP contribution in [0, 0.1) is 0 Å². The smallest absolute Gasteiger partial charge is 0.305 e. The van der Waals surface area contributed by atoms with Crippen molar-refractivity contribution in [1.82, 2.24) is 5.32 Å². The molecule has 0 spiro atoms. The summed E-state index contributed by atoms with van der Waals surface area (Å²) in [5, 5.41) is 23.2. The van der Waals surface area contributed by atoms with E-state index in [-0.39, 0.29) is 18.5 Å². The number of allylic oxidation sites excluding steroid dienone is 3. The molecule has 0 aliphatic carbocycles. The number of rotatable bonds is 62. The van der Waals surface area contributed by atoms with Crippen LogP contribution < -0.4 is 5.32 Å². The lowest BCUT2D eigenvalue weighted by Gasteiger charge is -2.20. The van der Waals surface area contributed by atoms with Gasteiger partial charge in [0.2, 0.25) is 5.91 Å². The van der Waals surface area contributed by atoms with Crippen molar-refractivity contribution in [2.75, 3.05) is 13.2 Å². The van der Waals surface area contributed by atoms with Gasteiger partial charge < -0.3 is 20.3 Å². The molecule has 0 aliphatic rings. The monoisotopic (exact) mass is 1030 g/mol. The predicted molar refractivity (Wildman–Crippen MR) is 320 cm³/mol. The highest BCUT2D eigenvalue weighted by Crippen LogP contribution is 2.18. The van der Waals surface area contributed by atoms with E-state index in [2.05, 4.69) is 31.3 Å². The molecular formula is C67H129NO5. The van der Waals surface area contributed by atoms with Gasteiger partial charge >= 0.3 is 5.97 Å². The van der Waals surface area contributed by atoms with E-state index in [1.165, 1.54) is 295 Å². The Balaban J connectivity index is 3.42. The number of ether oxygens (including phenoxy) is 1. The largest absolute Gasteiger partial charge is 0.466 e. The number of esters is 1. The summed E-state index contributed by atoms with van der Waals surface area (Å²) < 4.78 is 5.50. The highest BCUT2D eigenvalue weighted by atomic mass is 16.5. The molecule has 2 unspecified atom stereocenters. The lowest BCUT2D eigenvalue weighted by Crippen LogP contribution is -2.45. The SMILES string of the molecule is CCCCCCCCCCCCCCCCC/C=C/C(O)C(CO)NC(=O)CCCCCCCCC/C=C\CCCCCCCCCCCCOC(=O)CCCCCCCCCCCCCCCCCCCC. The third-order valence-corrected chi connectivity index (χ3v) is 15.5. The van der Waals surface area contributed by atoms with Gasteiger partial charge in [-0.2, -0.15) is 0 Å². The Kier molecular flexibility index (Phi) is 61.4. The third kappa shape index (κ3) is 59.4. The van der Waals surface area contributed by atoms with Crippen molar-refractivity contribution in [1.29, 1.82) is 0 Å². The van der Waals surface area contributed by atoms with Crippen LogP contribution in [0.1, 0.15) is 367 Å². The van der Waals surface area contributed by atoms with Gasteiger partial charge in [0.05, 0.1) is 25.4 Å². The maximum absolute atomic E-state index is 12.5. The summed E-state index contributed by atoms with van der Waals surface area (Å²) in [6.07, 6.45) is 78.0. The van der Waals surface area contributed by atoms with Crippen molar-refractivity contribution < 1.29 is 24.5 Å². The number of aliphatic hydroxyl groups is 2. The molecule has 0 bridgehead atoms. The summed E-state index contributed by atoms with van der Waals surface area (Å²) >= 11 is 0. The average molecular weight is 1030 g/mol. The molecule has 6 heteroatoms. The van der Waals surface area contributed by atoms with Crippen LogP contribution in [-0.2, 0) is 14.3 Å². The fourth-order valence-corrected chi connectivity index (χ4v) is 10.4. The van der Waals surface area contributed by atoms with Gasteiger partial charge in [-0.15, -0.1) is 0 Å². The van der Waals surface area contributed by atoms with Crippen molar-refractivity contribution >= 4 is 11.9 Å². The van der Waals surface area contributed by atoms with Gasteiger partial charge in [-0.3, -0.25) is 9.59 Å². The number of amides is 1. The standard InChI is InChI=1S/C67H129NO5/c1-3-5-7-9-11-13-15-17-19-21-29-33-37-41-45-49-53-57-61-67(72)73-62-58-54-50-46-42-38-34-30-26-24-22-23-25-28-32-36-40-44-48-52-56-60-66(71)68-64(63-69)65(70)59-55-51-47-43-39-35-31-27-20-18-16-14-12-10-8-6-4-2/h23,25,55,59,64-65,69-70H,3-22,24,26-54,56-58,60-63H2,1-2H3,(H,68,71)/b25-23-,59-55+. The second-order valence-corrected chi connectivity index (χ2v) is 22.8. The minimum atomic E-state index is -0.849. The molecular weight excluding hydrogens is 899 g/mol. The minimum Gasteiger partial charge on any atom is -0.466 e. The molecule has 6 nitrogen and oxygen atoms in total. The summed E-state index contributed by atoms with van der Waals surface area (Å²) in [6.45, 7) is 4.93. The normalized spacial score (nSPS) is 12.7. The first-order valence-corrected chi connectivity index (χ1v) is 33.1. The topological polar surface area (TPSA) is 95.9 Å². The first-order valence-electron chi connectivity index (χ1n) is 33.1. The van der Waals surface area contributed by atoms with E-state index in [9.17, 15) is 19.8 Å². The minimum absolute atomic E-state index is 0.0126. The zero-order chi connectivity index (χ0) is 52.9. The average Bonchev–Trinajstić information content (AvgIpc) is 3.39. The molecule has 0 saturated carbocycles. The van der Waals surface area contributed by atoms with Gasteiger partial charge in [-0.25, -0.2) is 0 Å². The summed E-state index contributed by atoms with van der Waals surface area (Å²) in [5.74, 6) is -0.0605. The Bertz CT molecular complexity index is 1140.